The van der Waals surface area contributed by atoms with Crippen LogP contribution in [0, 0.1) is 0 Å². The molecule has 0 heterocycles. The molecule has 0 fully saturated rings. The molecule has 0 unspecified atom stereocenters. The van der Waals surface area contributed by atoms with Crippen LogP contribution in [-0.4, -0.2) is 17.7 Å². The second kappa shape index (κ2) is 5.85. The summed E-state index contributed by atoms with van der Waals surface area (Å²) in [7, 11) is 0. The van der Waals surface area contributed by atoms with Crippen molar-refractivity contribution in [1.82, 2.24) is 0 Å². The van der Waals surface area contributed by atoms with Crippen LogP contribution in [-0.2, 0) is 4.79 Å². The number of aromatic hydroxyl groups is 1. The monoisotopic (exact) mass is 190 g/mol. The third-order valence-electron chi connectivity index (χ3n) is 1.21. The number of aliphatic carboxylic acids is 1. The quantitative estimate of drug-likeness (QED) is 0.503. The number of ether oxygens (including phenoxy) is 1. The van der Waals surface area contributed by atoms with Gasteiger partial charge in [0.15, 0.2) is 11.5 Å². The second-order valence-electron chi connectivity index (χ2n) is 2.13. The minimum Gasteiger partial charge on any atom is -0.546 e. The van der Waals surface area contributed by atoms with E-state index in [1.807, 2.05) is 0 Å². The van der Waals surface area contributed by atoms with Crippen molar-refractivity contribution < 1.29 is 49.3 Å². The van der Waals surface area contributed by atoms with E-state index in [4.69, 9.17) is 5.11 Å². The van der Waals surface area contributed by atoms with Crippen LogP contribution in [0.1, 0.15) is 0 Å². The molecule has 64 valence electrons. The van der Waals surface area contributed by atoms with Crippen molar-refractivity contribution >= 4 is 5.97 Å². The summed E-state index contributed by atoms with van der Waals surface area (Å²) >= 11 is 0. The Morgan fingerprint density at radius 1 is 1.46 bits per heavy atom. The van der Waals surface area contributed by atoms with Crippen molar-refractivity contribution in [2.45, 2.75) is 0 Å². The number of rotatable bonds is 3. The third kappa shape index (κ3) is 4.17. The molecule has 0 atom stereocenters. The predicted molar refractivity (Wildman–Crippen MR) is 38.6 cm³/mol. The van der Waals surface area contributed by atoms with E-state index >= 15 is 0 Å². The summed E-state index contributed by atoms with van der Waals surface area (Å²) in [5, 5.41) is 19.1. The molecule has 0 aliphatic heterocycles. The number of carbonyl (C=O) groups is 1. The SMILES string of the molecule is O=C([O-])COc1ccccc1O.[Na+]. The van der Waals surface area contributed by atoms with Crippen LogP contribution in [0.25, 0.3) is 0 Å². The zero-order chi connectivity index (χ0) is 8.97. The minimum absolute atomic E-state index is 0. The molecular weight excluding hydrogens is 183 g/mol. The van der Waals surface area contributed by atoms with E-state index in [0.29, 0.717) is 0 Å². The first-order valence-corrected chi connectivity index (χ1v) is 3.31. The van der Waals surface area contributed by atoms with Gasteiger partial charge in [0.2, 0.25) is 0 Å². The number of phenols is 1. The van der Waals surface area contributed by atoms with Crippen LogP contribution in [0.3, 0.4) is 0 Å². The fourth-order valence-corrected chi connectivity index (χ4v) is 0.716. The number of hydrogen-bond donors (Lipinski definition) is 1. The van der Waals surface area contributed by atoms with Gasteiger partial charge >= 0.3 is 29.6 Å². The summed E-state index contributed by atoms with van der Waals surface area (Å²) in [6.07, 6.45) is 0. The molecule has 0 spiro atoms. The van der Waals surface area contributed by atoms with E-state index in [0.717, 1.165) is 0 Å². The largest absolute Gasteiger partial charge is 1.00 e. The van der Waals surface area contributed by atoms with Gasteiger partial charge in [-0.15, -0.1) is 0 Å². The van der Waals surface area contributed by atoms with Crippen LogP contribution in [0.2, 0.25) is 0 Å². The maximum Gasteiger partial charge on any atom is 1.00 e. The Balaban J connectivity index is 0.00000144. The van der Waals surface area contributed by atoms with Gasteiger partial charge in [0.05, 0.1) is 5.97 Å². The molecule has 0 aromatic heterocycles. The summed E-state index contributed by atoms with van der Waals surface area (Å²) < 4.78 is 4.69. The van der Waals surface area contributed by atoms with E-state index in [2.05, 4.69) is 4.74 Å². The molecule has 0 radical (unpaired) electrons. The first kappa shape index (κ1) is 12.3. The van der Waals surface area contributed by atoms with Crippen molar-refractivity contribution in [3.63, 3.8) is 0 Å². The topological polar surface area (TPSA) is 69.6 Å². The molecule has 0 aliphatic rings. The molecule has 0 amide bonds. The average molecular weight is 190 g/mol. The first-order valence-electron chi connectivity index (χ1n) is 3.31. The van der Waals surface area contributed by atoms with Crippen LogP contribution in [0.15, 0.2) is 24.3 Å². The fourth-order valence-electron chi connectivity index (χ4n) is 0.716. The molecular formula is C8H7NaO4. The van der Waals surface area contributed by atoms with Gasteiger partial charge in [-0.1, -0.05) is 12.1 Å². The molecule has 1 rings (SSSR count). The Hall–Kier alpha value is -0.710. The van der Waals surface area contributed by atoms with Crippen molar-refractivity contribution in [3.8, 4) is 11.5 Å². The molecule has 1 aromatic rings. The van der Waals surface area contributed by atoms with E-state index in [1.54, 1.807) is 12.1 Å². The number of phenolic OH excluding ortho intramolecular Hbond substituents is 1. The van der Waals surface area contributed by atoms with Gasteiger partial charge in [-0.2, -0.15) is 0 Å². The fraction of sp³-hybridized carbons (Fsp3) is 0.125. The van der Waals surface area contributed by atoms with Gasteiger partial charge < -0.3 is 19.7 Å². The van der Waals surface area contributed by atoms with Crippen molar-refractivity contribution in [2.24, 2.45) is 0 Å². The normalized spacial score (nSPS) is 8.62. The van der Waals surface area contributed by atoms with Gasteiger partial charge in [-0.25, -0.2) is 0 Å². The molecule has 4 nitrogen and oxygen atoms in total. The zero-order valence-electron chi connectivity index (χ0n) is 7.19. The van der Waals surface area contributed by atoms with E-state index in [1.165, 1.54) is 12.1 Å². The average Bonchev–Trinajstić information content (AvgIpc) is 2.03. The van der Waals surface area contributed by atoms with Crippen molar-refractivity contribution in [1.29, 1.82) is 0 Å². The summed E-state index contributed by atoms with van der Waals surface area (Å²) in [6, 6.07) is 6.12. The number of hydrogen-bond acceptors (Lipinski definition) is 4. The summed E-state index contributed by atoms with van der Waals surface area (Å²) in [4.78, 5) is 9.97. The van der Waals surface area contributed by atoms with Gasteiger partial charge in [-0.3, -0.25) is 0 Å². The molecule has 1 N–H and O–H groups in total. The van der Waals surface area contributed by atoms with Crippen LogP contribution in [0.5, 0.6) is 11.5 Å². The molecule has 5 heteroatoms. The van der Waals surface area contributed by atoms with Gasteiger partial charge in [0.25, 0.3) is 0 Å². The van der Waals surface area contributed by atoms with E-state index < -0.39 is 12.6 Å². The van der Waals surface area contributed by atoms with Gasteiger partial charge in [0, 0.05) is 0 Å². The molecule has 0 saturated carbocycles. The summed E-state index contributed by atoms with van der Waals surface area (Å²) in [5.41, 5.74) is 0. The molecule has 13 heavy (non-hydrogen) atoms. The molecule has 0 aliphatic carbocycles. The molecule has 0 bridgehead atoms. The van der Waals surface area contributed by atoms with Gasteiger partial charge in [-0.05, 0) is 12.1 Å². The Morgan fingerprint density at radius 3 is 2.62 bits per heavy atom. The Bertz CT molecular complexity index is 287. The zero-order valence-corrected chi connectivity index (χ0v) is 9.19. The Kier molecular flexibility index (Phi) is 5.53. The number of benzene rings is 1. The first-order chi connectivity index (χ1) is 5.70. The van der Waals surface area contributed by atoms with E-state index in [9.17, 15) is 9.90 Å². The summed E-state index contributed by atoms with van der Waals surface area (Å²) in [6.45, 7) is -0.558. The predicted octanol–water partition coefficient (Wildman–Crippen LogP) is -3.48. The molecule has 0 saturated heterocycles. The number of carboxylic acid groups (broad SMARTS) is 1. The maximum atomic E-state index is 9.97. The smallest absolute Gasteiger partial charge is 0.546 e. The Labute approximate surface area is 97.4 Å². The standard InChI is InChI=1S/C8H8O4.Na/c9-6-3-1-2-4-7(6)12-5-8(10)11;/h1-4,9H,5H2,(H,10,11);/q;+1/p-1. The van der Waals surface area contributed by atoms with Crippen LogP contribution >= 0.6 is 0 Å². The van der Waals surface area contributed by atoms with E-state index in [-0.39, 0.29) is 41.1 Å². The number of para-hydroxylation sites is 2. The van der Waals surface area contributed by atoms with Crippen LogP contribution in [0.4, 0.5) is 0 Å². The van der Waals surface area contributed by atoms with Crippen molar-refractivity contribution in [3.05, 3.63) is 24.3 Å². The number of carboxylic acids is 1. The van der Waals surface area contributed by atoms with Crippen LogP contribution < -0.4 is 39.4 Å². The maximum absolute atomic E-state index is 9.97. The minimum atomic E-state index is -1.32. The van der Waals surface area contributed by atoms with Crippen molar-refractivity contribution in [2.75, 3.05) is 6.61 Å². The molecule has 1 aromatic carbocycles. The Morgan fingerprint density at radius 2 is 2.08 bits per heavy atom. The second-order valence-corrected chi connectivity index (χ2v) is 2.13. The third-order valence-corrected chi connectivity index (χ3v) is 1.21. The summed E-state index contributed by atoms with van der Waals surface area (Å²) in [5.74, 6) is -1.27. The number of carbonyl (C=O) groups excluding carboxylic acids is 1. The van der Waals surface area contributed by atoms with Gasteiger partial charge in [0.1, 0.15) is 6.61 Å².